The molecule has 2 N–H and O–H groups in total. The molecule has 0 aliphatic heterocycles. The van der Waals surface area contributed by atoms with Crippen LogP contribution in [-0.4, -0.2) is 32.2 Å². The number of hydrogen-bond donors (Lipinski definition) is 2. The van der Waals surface area contributed by atoms with Gasteiger partial charge in [-0.3, -0.25) is 0 Å². The lowest BCUT2D eigenvalue weighted by Gasteiger charge is -2.09. The Hall–Kier alpha value is -1.91. The molecule has 0 radical (unpaired) electrons. The van der Waals surface area contributed by atoms with Crippen molar-refractivity contribution in [1.29, 1.82) is 5.26 Å². The Morgan fingerprint density at radius 2 is 2.12 bits per heavy atom. The van der Waals surface area contributed by atoms with E-state index in [0.29, 0.717) is 16.6 Å². The van der Waals surface area contributed by atoms with E-state index in [1.165, 1.54) is 6.07 Å². The van der Waals surface area contributed by atoms with Crippen molar-refractivity contribution in [2.45, 2.75) is 19.9 Å². The minimum absolute atomic E-state index is 0.0467. The molecule has 0 amide bonds. The highest BCUT2D eigenvalue weighted by Crippen LogP contribution is 2.15. The van der Waals surface area contributed by atoms with Crippen molar-refractivity contribution in [3.05, 3.63) is 17.7 Å². The van der Waals surface area contributed by atoms with Crippen LogP contribution >= 0.6 is 0 Å². The maximum absolute atomic E-state index is 9.34. The zero-order chi connectivity index (χ0) is 12.6. The molecule has 6 nitrogen and oxygen atoms in total. The third-order valence-corrected chi connectivity index (χ3v) is 2.49. The lowest BCUT2D eigenvalue weighted by Crippen LogP contribution is -2.32. The highest BCUT2D eigenvalue weighted by atomic mass is 16.4. The highest BCUT2D eigenvalue weighted by molar-refractivity contribution is 6.61. The van der Waals surface area contributed by atoms with Gasteiger partial charge in [0.2, 0.25) is 0 Å². The molecule has 0 atom stereocenters. The minimum atomic E-state index is -1.65. The van der Waals surface area contributed by atoms with Gasteiger partial charge in [0, 0.05) is 11.5 Å². The van der Waals surface area contributed by atoms with Gasteiger partial charge in [-0.15, -0.1) is 5.10 Å². The van der Waals surface area contributed by atoms with Crippen molar-refractivity contribution in [3.8, 4) is 6.07 Å². The van der Waals surface area contributed by atoms with E-state index in [1.807, 2.05) is 19.9 Å². The van der Waals surface area contributed by atoms with Crippen LogP contribution in [0.25, 0.3) is 11.0 Å². The van der Waals surface area contributed by atoms with E-state index >= 15 is 0 Å². The average molecular weight is 230 g/mol. The fourth-order valence-electron chi connectivity index (χ4n) is 1.73. The second kappa shape index (κ2) is 4.16. The third kappa shape index (κ3) is 1.88. The molecule has 1 aromatic heterocycles. The molecule has 1 aromatic carbocycles. The van der Waals surface area contributed by atoms with E-state index in [1.54, 1.807) is 10.7 Å². The lowest BCUT2D eigenvalue weighted by atomic mass is 9.78. The predicted molar refractivity (Wildman–Crippen MR) is 62.5 cm³/mol. The summed E-state index contributed by atoms with van der Waals surface area (Å²) in [5.41, 5.74) is 1.61. The van der Waals surface area contributed by atoms with Crippen molar-refractivity contribution in [1.82, 2.24) is 15.0 Å². The van der Waals surface area contributed by atoms with E-state index in [-0.39, 0.29) is 11.5 Å². The van der Waals surface area contributed by atoms with Crippen LogP contribution in [0.15, 0.2) is 12.1 Å². The third-order valence-electron chi connectivity index (χ3n) is 2.49. The summed E-state index contributed by atoms with van der Waals surface area (Å²) in [5, 5.41) is 35.4. The SMILES string of the molecule is CC(C)n1nnc2cc(C#N)cc(B(O)O)c21. The number of aromatic nitrogens is 3. The zero-order valence-electron chi connectivity index (χ0n) is 9.49. The van der Waals surface area contributed by atoms with E-state index in [2.05, 4.69) is 10.3 Å². The van der Waals surface area contributed by atoms with Gasteiger partial charge in [0.05, 0.1) is 17.1 Å². The van der Waals surface area contributed by atoms with Crippen LogP contribution in [-0.2, 0) is 0 Å². The smallest absolute Gasteiger partial charge is 0.423 e. The molecule has 2 aromatic rings. The van der Waals surface area contributed by atoms with Crippen LogP contribution in [0.5, 0.6) is 0 Å². The largest absolute Gasteiger partial charge is 0.490 e. The fraction of sp³-hybridized carbons (Fsp3) is 0.300. The first-order chi connectivity index (χ1) is 8.04. The summed E-state index contributed by atoms with van der Waals surface area (Å²) in [6.07, 6.45) is 0. The normalized spacial score (nSPS) is 10.8. The van der Waals surface area contributed by atoms with E-state index in [0.717, 1.165) is 0 Å². The maximum Gasteiger partial charge on any atom is 0.490 e. The number of rotatable bonds is 2. The second-order valence-corrected chi connectivity index (χ2v) is 4.05. The number of benzene rings is 1. The van der Waals surface area contributed by atoms with Gasteiger partial charge in [0.1, 0.15) is 5.52 Å². The Labute approximate surface area is 98.2 Å². The van der Waals surface area contributed by atoms with Crippen molar-refractivity contribution in [2.75, 3.05) is 0 Å². The first-order valence-electron chi connectivity index (χ1n) is 5.19. The molecule has 0 aliphatic rings. The number of hydrogen-bond acceptors (Lipinski definition) is 5. The van der Waals surface area contributed by atoms with Crippen molar-refractivity contribution in [3.63, 3.8) is 0 Å². The van der Waals surface area contributed by atoms with E-state index in [4.69, 9.17) is 5.26 Å². The molecule has 86 valence electrons. The van der Waals surface area contributed by atoms with Crippen molar-refractivity contribution in [2.24, 2.45) is 0 Å². The predicted octanol–water partition coefficient (Wildman–Crippen LogP) is -0.436. The van der Waals surface area contributed by atoms with Crippen molar-refractivity contribution >= 4 is 23.6 Å². The number of nitriles is 1. The molecule has 0 spiro atoms. The van der Waals surface area contributed by atoms with Gasteiger partial charge in [-0.05, 0) is 26.0 Å². The molecule has 7 heteroatoms. The van der Waals surface area contributed by atoms with Gasteiger partial charge in [-0.2, -0.15) is 5.26 Å². The molecule has 17 heavy (non-hydrogen) atoms. The summed E-state index contributed by atoms with van der Waals surface area (Å²) < 4.78 is 1.60. The minimum Gasteiger partial charge on any atom is -0.423 e. The van der Waals surface area contributed by atoms with Gasteiger partial charge in [-0.1, -0.05) is 5.21 Å². The van der Waals surface area contributed by atoms with Crippen LogP contribution in [0, 0.1) is 11.3 Å². The molecule has 0 saturated heterocycles. The summed E-state index contributed by atoms with van der Waals surface area (Å²) in [4.78, 5) is 0. The summed E-state index contributed by atoms with van der Waals surface area (Å²) in [6.45, 7) is 3.83. The van der Waals surface area contributed by atoms with Gasteiger partial charge >= 0.3 is 7.12 Å². The molecule has 2 rings (SSSR count). The molecular formula is C10H11BN4O2. The highest BCUT2D eigenvalue weighted by Gasteiger charge is 2.21. The quantitative estimate of drug-likeness (QED) is 0.682. The first-order valence-corrected chi connectivity index (χ1v) is 5.19. The summed E-state index contributed by atoms with van der Waals surface area (Å²) in [7, 11) is -1.65. The van der Waals surface area contributed by atoms with Crippen LogP contribution in [0.1, 0.15) is 25.5 Å². The Balaban J connectivity index is 2.81. The Morgan fingerprint density at radius 1 is 1.41 bits per heavy atom. The van der Waals surface area contributed by atoms with Crippen LogP contribution in [0.3, 0.4) is 0 Å². The molecule has 0 bridgehead atoms. The van der Waals surface area contributed by atoms with Gasteiger partial charge in [0.15, 0.2) is 0 Å². The number of fused-ring (bicyclic) bond motifs is 1. The Kier molecular flexibility index (Phi) is 2.83. The molecule has 0 fully saturated rings. The molecule has 0 unspecified atom stereocenters. The fourth-order valence-corrected chi connectivity index (χ4v) is 1.73. The number of nitrogens with zero attached hydrogens (tertiary/aromatic N) is 4. The van der Waals surface area contributed by atoms with Gasteiger partial charge in [0.25, 0.3) is 0 Å². The van der Waals surface area contributed by atoms with Gasteiger partial charge in [-0.25, -0.2) is 4.68 Å². The van der Waals surface area contributed by atoms with Gasteiger partial charge < -0.3 is 10.0 Å². The van der Waals surface area contributed by atoms with Crippen molar-refractivity contribution < 1.29 is 10.0 Å². The van der Waals surface area contributed by atoms with E-state index in [9.17, 15) is 10.0 Å². The topological polar surface area (TPSA) is 95.0 Å². The van der Waals surface area contributed by atoms with Crippen LogP contribution in [0.4, 0.5) is 0 Å². The van der Waals surface area contributed by atoms with Crippen LogP contribution < -0.4 is 5.46 Å². The van der Waals surface area contributed by atoms with E-state index < -0.39 is 7.12 Å². The van der Waals surface area contributed by atoms with Crippen LogP contribution in [0.2, 0.25) is 0 Å². The Bertz CT molecular complexity index is 600. The standard InChI is InChI=1S/C10H11BN4O2/c1-6(2)15-10-8(11(16)17)3-7(5-12)4-9(10)13-14-15/h3-4,6,16-17H,1-2H3. The zero-order valence-corrected chi connectivity index (χ0v) is 9.49. The summed E-state index contributed by atoms with van der Waals surface area (Å²) >= 11 is 0. The summed E-state index contributed by atoms with van der Waals surface area (Å²) in [5.74, 6) is 0. The molecular weight excluding hydrogens is 219 g/mol. The molecule has 0 saturated carbocycles. The maximum atomic E-state index is 9.34. The average Bonchev–Trinajstić information content (AvgIpc) is 2.70. The Morgan fingerprint density at radius 3 is 2.65 bits per heavy atom. The molecule has 0 aliphatic carbocycles. The summed E-state index contributed by atoms with van der Waals surface area (Å²) in [6, 6.07) is 5.02. The first kappa shape index (κ1) is 11.6. The molecule has 1 heterocycles. The second-order valence-electron chi connectivity index (χ2n) is 4.05. The monoisotopic (exact) mass is 230 g/mol. The lowest BCUT2D eigenvalue weighted by molar-refractivity contribution is 0.425.